The molecule has 1 aliphatic rings. The number of hydrogen-bond acceptors (Lipinski definition) is 8. The van der Waals surface area contributed by atoms with Crippen LogP contribution in [0.4, 0.5) is 11.6 Å². The summed E-state index contributed by atoms with van der Waals surface area (Å²) in [6.45, 7) is 1.94. The van der Waals surface area contributed by atoms with E-state index in [1.165, 1.54) is 10.9 Å². The van der Waals surface area contributed by atoms with Gasteiger partial charge in [0.15, 0.2) is 5.82 Å². The van der Waals surface area contributed by atoms with E-state index in [2.05, 4.69) is 36.1 Å². The van der Waals surface area contributed by atoms with Gasteiger partial charge in [-0.2, -0.15) is 20.4 Å². The Morgan fingerprint density at radius 3 is 2.97 bits per heavy atom. The van der Waals surface area contributed by atoms with E-state index in [4.69, 9.17) is 5.26 Å². The van der Waals surface area contributed by atoms with Gasteiger partial charge in [-0.25, -0.2) is 9.67 Å². The Bertz CT molecular complexity index is 1030. The first kappa shape index (κ1) is 18.6. The summed E-state index contributed by atoms with van der Waals surface area (Å²) in [5.74, 6) is 0.543. The molecule has 3 N–H and O–H groups in total. The fourth-order valence-electron chi connectivity index (χ4n) is 3.13. The van der Waals surface area contributed by atoms with E-state index in [0.29, 0.717) is 23.4 Å². The van der Waals surface area contributed by atoms with E-state index in [-0.39, 0.29) is 12.5 Å². The topological polar surface area (TPSA) is 138 Å². The average molecular weight is 392 g/mol. The molecule has 0 spiro atoms. The van der Waals surface area contributed by atoms with Crippen LogP contribution in [0, 0.1) is 11.3 Å². The highest BCUT2D eigenvalue weighted by Crippen LogP contribution is 2.21. The van der Waals surface area contributed by atoms with Crippen LogP contribution in [0.3, 0.4) is 0 Å². The minimum atomic E-state index is -0.365. The molecule has 3 aromatic rings. The Hall–Kier alpha value is -3.78. The van der Waals surface area contributed by atoms with E-state index in [0.717, 1.165) is 31.6 Å². The van der Waals surface area contributed by atoms with Gasteiger partial charge >= 0.3 is 0 Å². The normalized spacial score (nSPS) is 14.3. The lowest BCUT2D eigenvalue weighted by molar-refractivity contribution is 0.0958. The summed E-state index contributed by atoms with van der Waals surface area (Å²) in [4.78, 5) is 20.6. The first-order chi connectivity index (χ1) is 14.2. The zero-order chi connectivity index (χ0) is 20.1. The van der Waals surface area contributed by atoms with E-state index in [9.17, 15) is 4.79 Å². The standard InChI is InChI=1S/C18H20N10O/c19-4-8-21-17(29)13-9-23-28(11-13)16-3-7-22-18(26-16)25-14-10-24-27(12-14)15-1-5-20-6-2-15/h3,7,9-12,15,20H,1-2,5-6,8H2,(H,21,29)(H,22,25,26). The van der Waals surface area contributed by atoms with Crippen LogP contribution in [0.2, 0.25) is 0 Å². The van der Waals surface area contributed by atoms with Crippen molar-refractivity contribution >= 4 is 17.5 Å². The average Bonchev–Trinajstić information content (AvgIpc) is 3.43. The maximum atomic E-state index is 11.9. The van der Waals surface area contributed by atoms with Crippen molar-refractivity contribution in [3.63, 3.8) is 0 Å². The van der Waals surface area contributed by atoms with Gasteiger partial charge in [-0.1, -0.05) is 0 Å². The Morgan fingerprint density at radius 2 is 2.14 bits per heavy atom. The number of carbonyl (C=O) groups is 1. The zero-order valence-corrected chi connectivity index (χ0v) is 15.6. The van der Waals surface area contributed by atoms with E-state index >= 15 is 0 Å². The molecular formula is C18H20N10O. The first-order valence-corrected chi connectivity index (χ1v) is 9.28. The molecule has 0 aliphatic carbocycles. The van der Waals surface area contributed by atoms with Crippen molar-refractivity contribution in [1.29, 1.82) is 5.26 Å². The molecule has 0 radical (unpaired) electrons. The predicted molar refractivity (Wildman–Crippen MR) is 104 cm³/mol. The number of nitriles is 1. The first-order valence-electron chi connectivity index (χ1n) is 9.28. The van der Waals surface area contributed by atoms with Crippen LogP contribution in [-0.4, -0.2) is 55.1 Å². The monoisotopic (exact) mass is 392 g/mol. The van der Waals surface area contributed by atoms with Gasteiger partial charge in [0.05, 0.1) is 35.8 Å². The van der Waals surface area contributed by atoms with Crippen molar-refractivity contribution in [3.8, 4) is 11.9 Å². The van der Waals surface area contributed by atoms with Crippen molar-refractivity contribution in [2.24, 2.45) is 0 Å². The molecule has 1 amide bonds. The molecular weight excluding hydrogens is 372 g/mol. The van der Waals surface area contributed by atoms with Gasteiger partial charge in [-0.15, -0.1) is 0 Å². The molecule has 0 atom stereocenters. The quantitative estimate of drug-likeness (QED) is 0.523. The van der Waals surface area contributed by atoms with Crippen molar-refractivity contribution in [3.05, 3.63) is 42.6 Å². The highest BCUT2D eigenvalue weighted by molar-refractivity contribution is 5.93. The second kappa shape index (κ2) is 8.49. The smallest absolute Gasteiger partial charge is 0.255 e. The number of amides is 1. The fourth-order valence-corrected chi connectivity index (χ4v) is 3.13. The maximum absolute atomic E-state index is 11.9. The fraction of sp³-hybridized carbons (Fsp3) is 0.333. The summed E-state index contributed by atoms with van der Waals surface area (Å²) < 4.78 is 3.46. The lowest BCUT2D eigenvalue weighted by Gasteiger charge is -2.22. The van der Waals surface area contributed by atoms with Crippen LogP contribution >= 0.6 is 0 Å². The minimum absolute atomic E-state index is 0.0589. The van der Waals surface area contributed by atoms with Gasteiger partial charge in [0.25, 0.3) is 5.91 Å². The zero-order valence-electron chi connectivity index (χ0n) is 15.6. The van der Waals surface area contributed by atoms with Crippen molar-refractivity contribution in [2.45, 2.75) is 18.9 Å². The highest BCUT2D eigenvalue weighted by atomic mass is 16.1. The summed E-state index contributed by atoms with van der Waals surface area (Å²) in [5, 5.41) is 26.1. The third kappa shape index (κ3) is 4.39. The SMILES string of the molecule is N#CCNC(=O)c1cnn(-c2ccnc(Nc3cnn(C4CCNCC4)c3)n2)c1. The predicted octanol–water partition coefficient (Wildman–Crippen LogP) is 0.780. The van der Waals surface area contributed by atoms with Gasteiger partial charge in [0.1, 0.15) is 6.54 Å². The lowest BCUT2D eigenvalue weighted by atomic mass is 10.1. The largest absolute Gasteiger partial charge is 0.339 e. The molecule has 0 aromatic carbocycles. The number of nitrogens with zero attached hydrogens (tertiary/aromatic N) is 7. The summed E-state index contributed by atoms with van der Waals surface area (Å²) in [7, 11) is 0. The molecule has 1 saturated heterocycles. The third-order valence-corrected chi connectivity index (χ3v) is 4.59. The Morgan fingerprint density at radius 1 is 1.28 bits per heavy atom. The summed E-state index contributed by atoms with van der Waals surface area (Å²) in [5.41, 5.74) is 1.15. The molecule has 3 aromatic heterocycles. The number of piperidine rings is 1. The summed E-state index contributed by atoms with van der Waals surface area (Å²) in [6.07, 6.45) is 10.4. The van der Waals surface area contributed by atoms with Crippen LogP contribution in [-0.2, 0) is 0 Å². The summed E-state index contributed by atoms with van der Waals surface area (Å²) >= 11 is 0. The molecule has 11 heteroatoms. The van der Waals surface area contributed by atoms with E-state index in [1.54, 1.807) is 24.7 Å². The number of nitrogens with one attached hydrogen (secondary N) is 3. The second-order valence-electron chi connectivity index (χ2n) is 6.57. The molecule has 0 unspecified atom stereocenters. The highest BCUT2D eigenvalue weighted by Gasteiger charge is 2.16. The molecule has 4 heterocycles. The molecule has 1 aliphatic heterocycles. The number of rotatable bonds is 6. The van der Waals surface area contributed by atoms with Gasteiger partial charge in [0, 0.05) is 24.7 Å². The number of anilines is 2. The van der Waals surface area contributed by atoms with E-state index < -0.39 is 0 Å². The lowest BCUT2D eigenvalue weighted by Crippen LogP contribution is -2.29. The molecule has 4 rings (SSSR count). The molecule has 11 nitrogen and oxygen atoms in total. The molecule has 0 saturated carbocycles. The van der Waals surface area contributed by atoms with Crippen molar-refractivity contribution in [1.82, 2.24) is 40.2 Å². The van der Waals surface area contributed by atoms with Crippen molar-refractivity contribution < 1.29 is 4.79 Å². The van der Waals surface area contributed by atoms with Crippen LogP contribution in [0.25, 0.3) is 5.82 Å². The summed E-state index contributed by atoms with van der Waals surface area (Å²) in [6, 6.07) is 3.95. The third-order valence-electron chi connectivity index (χ3n) is 4.59. The van der Waals surface area contributed by atoms with Crippen molar-refractivity contribution in [2.75, 3.05) is 25.0 Å². The minimum Gasteiger partial charge on any atom is -0.339 e. The molecule has 0 bridgehead atoms. The molecule has 29 heavy (non-hydrogen) atoms. The Balaban J connectivity index is 1.45. The number of carbonyl (C=O) groups excluding carboxylic acids is 1. The Labute approximate surface area is 166 Å². The van der Waals surface area contributed by atoms with Crippen LogP contribution in [0.1, 0.15) is 29.2 Å². The van der Waals surface area contributed by atoms with Gasteiger partial charge in [-0.3, -0.25) is 9.48 Å². The second-order valence-corrected chi connectivity index (χ2v) is 6.57. The number of hydrogen-bond donors (Lipinski definition) is 3. The van der Waals surface area contributed by atoms with Crippen LogP contribution in [0.15, 0.2) is 37.1 Å². The van der Waals surface area contributed by atoms with Crippen LogP contribution < -0.4 is 16.0 Å². The molecule has 1 fully saturated rings. The Kier molecular flexibility index (Phi) is 5.44. The van der Waals surface area contributed by atoms with E-state index in [1.807, 2.05) is 16.9 Å². The molecule has 148 valence electrons. The van der Waals surface area contributed by atoms with Gasteiger partial charge < -0.3 is 16.0 Å². The van der Waals surface area contributed by atoms with Gasteiger partial charge in [0.2, 0.25) is 5.95 Å². The van der Waals surface area contributed by atoms with Gasteiger partial charge in [-0.05, 0) is 25.9 Å². The number of aromatic nitrogens is 6. The van der Waals surface area contributed by atoms with Crippen LogP contribution in [0.5, 0.6) is 0 Å². The maximum Gasteiger partial charge on any atom is 0.255 e.